The number of hydrogen-bond donors (Lipinski definition) is 2. The molecule has 1 rings (SSSR count). The Morgan fingerprint density at radius 2 is 2.13 bits per heavy atom. The van der Waals surface area contributed by atoms with Crippen molar-refractivity contribution in [2.45, 2.75) is 58.5 Å². The molecule has 2 N–H and O–H groups in total. The van der Waals surface area contributed by atoms with E-state index in [4.69, 9.17) is 0 Å². The Kier molecular flexibility index (Phi) is 10.4. The summed E-state index contributed by atoms with van der Waals surface area (Å²) in [5.74, 6) is 2.32. The summed E-state index contributed by atoms with van der Waals surface area (Å²) in [6.07, 6.45) is 13.1. The summed E-state index contributed by atoms with van der Waals surface area (Å²) in [7, 11) is 0. The van der Waals surface area contributed by atoms with E-state index in [0.717, 1.165) is 37.2 Å². The van der Waals surface area contributed by atoms with E-state index in [0.29, 0.717) is 11.8 Å². The van der Waals surface area contributed by atoms with Gasteiger partial charge in [0.15, 0.2) is 0 Å². The number of carboxylic acid groups (broad SMARTS) is 1. The number of aliphatic hydroxyl groups excluding tert-OH is 1. The minimum absolute atomic E-state index is 0.186. The van der Waals surface area contributed by atoms with Gasteiger partial charge in [0.1, 0.15) is 0 Å². The van der Waals surface area contributed by atoms with Crippen molar-refractivity contribution < 1.29 is 15.0 Å². The average molecular weight is 341 g/mol. The molecular formula is C19H32O3S. The first-order valence-electron chi connectivity index (χ1n) is 8.85. The molecule has 0 aromatic rings. The number of carboxylic acids is 1. The summed E-state index contributed by atoms with van der Waals surface area (Å²) in [4.78, 5) is 11.2. The topological polar surface area (TPSA) is 57.5 Å². The van der Waals surface area contributed by atoms with Crippen molar-refractivity contribution in [2.24, 2.45) is 17.8 Å². The van der Waals surface area contributed by atoms with E-state index in [1.807, 2.05) is 30.8 Å². The SMILES string of the molecule is CC=CC[C@H](CC(=O)O)C1CSC[C@@H]1C=CC(O)CCCCC. The number of hydrogen-bond acceptors (Lipinski definition) is 3. The second-order valence-electron chi connectivity index (χ2n) is 6.48. The van der Waals surface area contributed by atoms with E-state index < -0.39 is 5.97 Å². The van der Waals surface area contributed by atoms with E-state index >= 15 is 0 Å². The van der Waals surface area contributed by atoms with Gasteiger partial charge >= 0.3 is 5.97 Å². The molecule has 1 aliphatic heterocycles. The molecule has 132 valence electrons. The van der Waals surface area contributed by atoms with Crippen LogP contribution in [0.25, 0.3) is 0 Å². The Morgan fingerprint density at radius 3 is 2.78 bits per heavy atom. The summed E-state index contributed by atoms with van der Waals surface area (Å²) in [5, 5.41) is 19.2. The Labute approximate surface area is 145 Å². The van der Waals surface area contributed by atoms with Crippen LogP contribution in [0.15, 0.2) is 24.3 Å². The molecule has 1 aliphatic rings. The number of unbranched alkanes of at least 4 members (excludes halogenated alkanes) is 2. The van der Waals surface area contributed by atoms with Crippen molar-refractivity contribution >= 4 is 17.7 Å². The van der Waals surface area contributed by atoms with Crippen LogP contribution in [0, 0.1) is 17.8 Å². The highest BCUT2D eigenvalue weighted by molar-refractivity contribution is 7.99. The molecule has 0 spiro atoms. The minimum atomic E-state index is -0.710. The summed E-state index contributed by atoms with van der Waals surface area (Å²) < 4.78 is 0. The quantitative estimate of drug-likeness (QED) is 0.429. The summed E-state index contributed by atoms with van der Waals surface area (Å²) in [6.45, 7) is 4.14. The van der Waals surface area contributed by atoms with Gasteiger partial charge in [-0.1, -0.05) is 50.5 Å². The molecule has 0 aromatic heterocycles. The van der Waals surface area contributed by atoms with E-state index in [9.17, 15) is 15.0 Å². The third kappa shape index (κ3) is 8.07. The summed E-state index contributed by atoms with van der Waals surface area (Å²) in [6, 6.07) is 0. The van der Waals surface area contributed by atoms with Crippen LogP contribution in [0.2, 0.25) is 0 Å². The standard InChI is InChI=1S/C19H32O3S/c1-3-5-7-9-17(20)11-10-16-13-23-14-18(16)15(8-6-4-2)12-19(21)22/h4,6,10-11,15-18,20H,3,5,7-9,12-14H2,1-2H3,(H,21,22)/t15-,16+,17?,18?/m1/s1. The molecule has 0 aliphatic carbocycles. The van der Waals surface area contributed by atoms with Gasteiger partial charge in [0.2, 0.25) is 0 Å². The number of allylic oxidation sites excluding steroid dienone is 3. The van der Waals surface area contributed by atoms with Gasteiger partial charge in [0, 0.05) is 6.42 Å². The molecule has 1 saturated heterocycles. The van der Waals surface area contributed by atoms with Gasteiger partial charge in [-0.15, -0.1) is 0 Å². The third-order valence-corrected chi connectivity index (χ3v) is 5.81. The van der Waals surface area contributed by atoms with Crippen LogP contribution in [0.3, 0.4) is 0 Å². The van der Waals surface area contributed by atoms with Crippen LogP contribution in [0.5, 0.6) is 0 Å². The maximum absolute atomic E-state index is 11.2. The second-order valence-corrected chi connectivity index (χ2v) is 7.55. The normalized spacial score (nSPS) is 24.5. The zero-order chi connectivity index (χ0) is 17.1. The number of aliphatic hydroxyl groups is 1. The summed E-state index contributed by atoms with van der Waals surface area (Å²) >= 11 is 1.90. The fraction of sp³-hybridized carbons (Fsp3) is 0.737. The van der Waals surface area contributed by atoms with Crippen molar-refractivity contribution in [3.05, 3.63) is 24.3 Å². The Hall–Kier alpha value is -0.740. The fourth-order valence-corrected chi connectivity index (χ4v) is 4.74. The van der Waals surface area contributed by atoms with Gasteiger partial charge in [-0.3, -0.25) is 4.79 Å². The molecular weight excluding hydrogens is 308 g/mol. The van der Waals surface area contributed by atoms with Crippen LogP contribution in [0.1, 0.15) is 52.4 Å². The van der Waals surface area contributed by atoms with Crippen molar-refractivity contribution in [2.75, 3.05) is 11.5 Å². The number of thioether (sulfide) groups is 1. The predicted molar refractivity (Wildman–Crippen MR) is 98.8 cm³/mol. The highest BCUT2D eigenvalue weighted by Crippen LogP contribution is 2.39. The zero-order valence-electron chi connectivity index (χ0n) is 14.5. The van der Waals surface area contributed by atoms with Crippen LogP contribution in [0.4, 0.5) is 0 Å². The first kappa shape index (κ1) is 20.3. The zero-order valence-corrected chi connectivity index (χ0v) is 15.3. The van der Waals surface area contributed by atoms with Gasteiger partial charge in [-0.2, -0.15) is 11.8 Å². The van der Waals surface area contributed by atoms with E-state index in [2.05, 4.69) is 19.1 Å². The number of aliphatic carboxylic acids is 1. The van der Waals surface area contributed by atoms with Crippen molar-refractivity contribution in [3.8, 4) is 0 Å². The van der Waals surface area contributed by atoms with Gasteiger partial charge in [-0.05, 0) is 49.0 Å². The highest BCUT2D eigenvalue weighted by Gasteiger charge is 2.33. The smallest absolute Gasteiger partial charge is 0.303 e. The van der Waals surface area contributed by atoms with Crippen molar-refractivity contribution in [1.29, 1.82) is 0 Å². The third-order valence-electron chi connectivity index (χ3n) is 4.57. The fourth-order valence-electron chi connectivity index (χ4n) is 3.19. The van der Waals surface area contributed by atoms with Gasteiger partial charge in [0.05, 0.1) is 6.10 Å². The number of rotatable bonds is 11. The van der Waals surface area contributed by atoms with E-state index in [-0.39, 0.29) is 18.4 Å². The average Bonchev–Trinajstić information content (AvgIpc) is 2.97. The lowest BCUT2D eigenvalue weighted by Gasteiger charge is -2.24. The first-order chi connectivity index (χ1) is 11.1. The maximum atomic E-state index is 11.2. The van der Waals surface area contributed by atoms with Gasteiger partial charge < -0.3 is 10.2 Å². The lowest BCUT2D eigenvalue weighted by Crippen LogP contribution is -2.23. The van der Waals surface area contributed by atoms with Crippen molar-refractivity contribution in [1.82, 2.24) is 0 Å². The molecule has 0 radical (unpaired) electrons. The lowest BCUT2D eigenvalue weighted by atomic mass is 9.79. The maximum Gasteiger partial charge on any atom is 0.303 e. The molecule has 4 atom stereocenters. The molecule has 0 bridgehead atoms. The molecule has 23 heavy (non-hydrogen) atoms. The number of carbonyl (C=O) groups is 1. The lowest BCUT2D eigenvalue weighted by molar-refractivity contribution is -0.138. The first-order valence-corrected chi connectivity index (χ1v) is 10.0. The van der Waals surface area contributed by atoms with Crippen molar-refractivity contribution in [3.63, 3.8) is 0 Å². The highest BCUT2D eigenvalue weighted by atomic mass is 32.2. The molecule has 0 aromatic carbocycles. The summed E-state index contributed by atoms with van der Waals surface area (Å²) in [5.41, 5.74) is 0. The molecule has 2 unspecified atom stereocenters. The molecule has 1 heterocycles. The Balaban J connectivity index is 2.60. The molecule has 0 amide bonds. The van der Waals surface area contributed by atoms with E-state index in [1.54, 1.807) is 0 Å². The molecule has 1 fully saturated rings. The monoisotopic (exact) mass is 340 g/mol. The van der Waals surface area contributed by atoms with E-state index in [1.165, 1.54) is 6.42 Å². The van der Waals surface area contributed by atoms with Gasteiger partial charge in [-0.25, -0.2) is 0 Å². The Morgan fingerprint density at radius 1 is 1.35 bits per heavy atom. The molecule has 3 nitrogen and oxygen atoms in total. The molecule has 4 heteroatoms. The van der Waals surface area contributed by atoms with Gasteiger partial charge in [0.25, 0.3) is 0 Å². The van der Waals surface area contributed by atoms with Crippen LogP contribution in [-0.4, -0.2) is 33.8 Å². The largest absolute Gasteiger partial charge is 0.481 e. The van der Waals surface area contributed by atoms with Crippen LogP contribution in [-0.2, 0) is 4.79 Å². The Bertz CT molecular complexity index is 392. The molecule has 0 saturated carbocycles. The minimum Gasteiger partial charge on any atom is -0.481 e. The van der Waals surface area contributed by atoms with Crippen LogP contribution < -0.4 is 0 Å². The second kappa shape index (κ2) is 11.7. The van der Waals surface area contributed by atoms with Crippen LogP contribution >= 0.6 is 11.8 Å². The predicted octanol–water partition coefficient (Wildman–Crippen LogP) is 4.52.